The second kappa shape index (κ2) is 5.74. The van der Waals surface area contributed by atoms with E-state index in [4.69, 9.17) is 0 Å². The van der Waals surface area contributed by atoms with E-state index < -0.39 is 0 Å². The highest BCUT2D eigenvalue weighted by atomic mass is 16.2. The van der Waals surface area contributed by atoms with Crippen LogP contribution >= 0.6 is 0 Å². The van der Waals surface area contributed by atoms with Crippen LogP contribution in [0.2, 0.25) is 0 Å². The number of amides is 1. The molecule has 1 aliphatic heterocycles. The Hall–Kier alpha value is -1.35. The predicted octanol–water partition coefficient (Wildman–Crippen LogP) is 2.18. The van der Waals surface area contributed by atoms with E-state index in [1.54, 1.807) is 0 Å². The lowest BCUT2D eigenvalue weighted by Crippen LogP contribution is -2.34. The van der Waals surface area contributed by atoms with Crippen molar-refractivity contribution in [3.63, 3.8) is 0 Å². The molecule has 0 radical (unpaired) electrons. The van der Waals surface area contributed by atoms with Gasteiger partial charge < -0.3 is 4.90 Å². The molecule has 1 saturated carbocycles. The van der Waals surface area contributed by atoms with Crippen LogP contribution in [-0.2, 0) is 11.2 Å². The highest BCUT2D eigenvalue weighted by molar-refractivity contribution is 5.84. The smallest absolute Gasteiger partial charge is 0.241 e. The lowest BCUT2D eigenvalue weighted by Gasteiger charge is -2.19. The van der Waals surface area contributed by atoms with Crippen molar-refractivity contribution in [3.05, 3.63) is 35.9 Å². The highest BCUT2D eigenvalue weighted by Gasteiger charge is 2.32. The SMILES string of the molecule is O=C1C(Cc2ccccc2)NCN1CC1CCCC1. The lowest BCUT2D eigenvalue weighted by atomic mass is 10.1. The van der Waals surface area contributed by atoms with Crippen molar-refractivity contribution < 1.29 is 4.79 Å². The van der Waals surface area contributed by atoms with Gasteiger partial charge in [-0.1, -0.05) is 43.2 Å². The number of nitrogens with zero attached hydrogens (tertiary/aromatic N) is 1. The fourth-order valence-electron chi connectivity index (χ4n) is 3.27. The molecular formula is C16H22N2O. The molecule has 0 bridgehead atoms. The molecule has 1 saturated heterocycles. The summed E-state index contributed by atoms with van der Waals surface area (Å²) in [5.74, 6) is 1.02. The average molecular weight is 258 g/mol. The van der Waals surface area contributed by atoms with E-state index in [1.807, 2.05) is 23.1 Å². The van der Waals surface area contributed by atoms with E-state index in [1.165, 1.54) is 31.2 Å². The second-order valence-electron chi connectivity index (χ2n) is 5.82. The van der Waals surface area contributed by atoms with Crippen molar-refractivity contribution >= 4 is 5.91 Å². The van der Waals surface area contributed by atoms with Crippen molar-refractivity contribution in [2.24, 2.45) is 5.92 Å². The van der Waals surface area contributed by atoms with Crippen LogP contribution < -0.4 is 5.32 Å². The Labute approximate surface area is 115 Å². The number of rotatable bonds is 4. The number of carbonyl (C=O) groups excluding carboxylic acids is 1. The first-order valence-corrected chi connectivity index (χ1v) is 7.39. The maximum atomic E-state index is 12.4. The molecule has 3 rings (SSSR count). The minimum atomic E-state index is -0.0243. The molecule has 1 unspecified atom stereocenters. The van der Waals surface area contributed by atoms with Gasteiger partial charge in [-0.25, -0.2) is 0 Å². The first kappa shape index (κ1) is 12.7. The van der Waals surface area contributed by atoms with Gasteiger partial charge >= 0.3 is 0 Å². The summed E-state index contributed by atoms with van der Waals surface area (Å²) < 4.78 is 0. The second-order valence-corrected chi connectivity index (χ2v) is 5.82. The summed E-state index contributed by atoms with van der Waals surface area (Å²) >= 11 is 0. The first-order chi connectivity index (χ1) is 9.33. The summed E-state index contributed by atoms with van der Waals surface area (Å²) in [4.78, 5) is 14.4. The maximum Gasteiger partial charge on any atom is 0.241 e. The van der Waals surface area contributed by atoms with Gasteiger partial charge in [0, 0.05) is 6.54 Å². The van der Waals surface area contributed by atoms with Gasteiger partial charge in [0.2, 0.25) is 5.91 Å². The fourth-order valence-corrected chi connectivity index (χ4v) is 3.27. The summed E-state index contributed by atoms with van der Waals surface area (Å²) in [6.07, 6.45) is 6.09. The normalized spacial score (nSPS) is 24.3. The Morgan fingerprint density at radius 2 is 1.89 bits per heavy atom. The molecule has 1 aromatic carbocycles. The Kier molecular flexibility index (Phi) is 3.83. The van der Waals surface area contributed by atoms with Crippen LogP contribution in [0.15, 0.2) is 30.3 Å². The molecule has 102 valence electrons. The van der Waals surface area contributed by atoms with Gasteiger partial charge in [-0.15, -0.1) is 0 Å². The van der Waals surface area contributed by atoms with E-state index in [0.717, 1.165) is 25.6 Å². The maximum absolute atomic E-state index is 12.4. The molecule has 2 fully saturated rings. The van der Waals surface area contributed by atoms with Crippen LogP contribution in [0.3, 0.4) is 0 Å². The van der Waals surface area contributed by atoms with Crippen LogP contribution in [0.25, 0.3) is 0 Å². The lowest BCUT2D eigenvalue weighted by molar-refractivity contribution is -0.129. The number of hydrogen-bond acceptors (Lipinski definition) is 2. The van der Waals surface area contributed by atoms with Crippen LogP contribution in [0.1, 0.15) is 31.2 Å². The molecular weight excluding hydrogens is 236 g/mol. The van der Waals surface area contributed by atoms with Gasteiger partial charge in [0.05, 0.1) is 12.7 Å². The zero-order valence-electron chi connectivity index (χ0n) is 11.3. The minimum Gasteiger partial charge on any atom is -0.328 e. The van der Waals surface area contributed by atoms with Gasteiger partial charge in [0.1, 0.15) is 0 Å². The Bertz CT molecular complexity index is 426. The van der Waals surface area contributed by atoms with Gasteiger partial charge in [0.15, 0.2) is 0 Å². The standard InChI is InChI=1S/C16H22N2O/c19-16-15(10-13-6-2-1-3-7-13)17-12-18(16)11-14-8-4-5-9-14/h1-3,6-7,14-15,17H,4-5,8-12H2. The molecule has 0 aromatic heterocycles. The monoisotopic (exact) mass is 258 g/mol. The van der Waals surface area contributed by atoms with Crippen molar-refractivity contribution in [2.75, 3.05) is 13.2 Å². The molecule has 19 heavy (non-hydrogen) atoms. The van der Waals surface area contributed by atoms with E-state index in [0.29, 0.717) is 0 Å². The zero-order valence-corrected chi connectivity index (χ0v) is 11.3. The van der Waals surface area contributed by atoms with Crippen molar-refractivity contribution in [3.8, 4) is 0 Å². The van der Waals surface area contributed by atoms with Crippen LogP contribution in [0, 0.1) is 5.92 Å². The summed E-state index contributed by atoms with van der Waals surface area (Å²) in [5.41, 5.74) is 1.23. The largest absolute Gasteiger partial charge is 0.328 e. The van der Waals surface area contributed by atoms with Gasteiger partial charge in [-0.05, 0) is 30.7 Å². The molecule has 1 atom stereocenters. The van der Waals surface area contributed by atoms with Crippen molar-refractivity contribution in [1.29, 1.82) is 0 Å². The van der Waals surface area contributed by atoms with Crippen molar-refractivity contribution in [1.82, 2.24) is 10.2 Å². The average Bonchev–Trinajstić information content (AvgIpc) is 3.05. The van der Waals surface area contributed by atoms with Gasteiger partial charge in [0.25, 0.3) is 0 Å². The molecule has 1 aliphatic carbocycles. The molecule has 2 aliphatic rings. The first-order valence-electron chi connectivity index (χ1n) is 7.39. The summed E-state index contributed by atoms with van der Waals surface area (Å²) in [6.45, 7) is 1.68. The Balaban J connectivity index is 1.56. The third-order valence-electron chi connectivity index (χ3n) is 4.37. The minimum absolute atomic E-state index is 0.0243. The molecule has 3 nitrogen and oxygen atoms in total. The molecule has 1 N–H and O–H groups in total. The van der Waals surface area contributed by atoms with Crippen molar-refractivity contribution in [2.45, 2.75) is 38.1 Å². The third kappa shape index (κ3) is 2.98. The molecule has 0 spiro atoms. The molecule has 1 aromatic rings. The molecule has 3 heteroatoms. The number of benzene rings is 1. The number of carbonyl (C=O) groups is 1. The molecule has 1 heterocycles. The number of hydrogen-bond donors (Lipinski definition) is 1. The van der Waals surface area contributed by atoms with E-state index in [2.05, 4.69) is 17.4 Å². The Morgan fingerprint density at radius 3 is 2.63 bits per heavy atom. The fraction of sp³-hybridized carbons (Fsp3) is 0.562. The zero-order chi connectivity index (χ0) is 13.1. The van der Waals surface area contributed by atoms with Gasteiger partial charge in [-0.3, -0.25) is 10.1 Å². The van der Waals surface area contributed by atoms with E-state index >= 15 is 0 Å². The summed E-state index contributed by atoms with van der Waals surface area (Å²) in [6, 6.07) is 10.2. The Morgan fingerprint density at radius 1 is 1.16 bits per heavy atom. The highest BCUT2D eigenvalue weighted by Crippen LogP contribution is 2.26. The van der Waals surface area contributed by atoms with E-state index in [9.17, 15) is 4.79 Å². The molecule has 1 amide bonds. The van der Waals surface area contributed by atoms with E-state index in [-0.39, 0.29) is 11.9 Å². The van der Waals surface area contributed by atoms with Gasteiger partial charge in [-0.2, -0.15) is 0 Å². The van der Waals surface area contributed by atoms with Crippen LogP contribution in [0.4, 0.5) is 0 Å². The summed E-state index contributed by atoms with van der Waals surface area (Å²) in [7, 11) is 0. The third-order valence-corrected chi connectivity index (χ3v) is 4.37. The quantitative estimate of drug-likeness (QED) is 0.897. The number of nitrogens with one attached hydrogen (secondary N) is 1. The summed E-state index contributed by atoms with van der Waals surface area (Å²) in [5, 5.41) is 3.36. The topological polar surface area (TPSA) is 32.3 Å². The predicted molar refractivity (Wildman–Crippen MR) is 75.6 cm³/mol. The van der Waals surface area contributed by atoms with Crippen LogP contribution in [0.5, 0.6) is 0 Å². The van der Waals surface area contributed by atoms with Crippen LogP contribution in [-0.4, -0.2) is 30.1 Å².